The molecule has 0 aromatic carbocycles. The fraction of sp³-hybridized carbons (Fsp3) is 0.800. The first-order chi connectivity index (χ1) is 8.91. The van der Waals surface area contributed by atoms with Gasteiger partial charge in [-0.1, -0.05) is 32.1 Å². The maximum Gasteiger partial charge on any atom is 0.188 e. The van der Waals surface area contributed by atoms with Crippen LogP contribution in [0.15, 0.2) is 12.3 Å². The highest BCUT2D eigenvalue weighted by Crippen LogP contribution is 2.09. The van der Waals surface area contributed by atoms with Gasteiger partial charge in [0.1, 0.15) is 6.29 Å². The number of hydrogen-bond acceptors (Lipinski definition) is 3. The Morgan fingerprint density at radius 3 is 2.11 bits per heavy atom. The van der Waals surface area contributed by atoms with Crippen LogP contribution in [0, 0.1) is 0 Å². The number of ether oxygens (including phenoxy) is 2. The Kier molecular flexibility index (Phi) is 15.4. The molecule has 0 saturated carbocycles. The van der Waals surface area contributed by atoms with Crippen LogP contribution >= 0.6 is 0 Å². The summed E-state index contributed by atoms with van der Waals surface area (Å²) < 4.78 is 10.2. The average Bonchev–Trinajstić information content (AvgIpc) is 2.39. The highest BCUT2D eigenvalue weighted by atomic mass is 16.7. The normalized spacial score (nSPS) is 10.9. The van der Waals surface area contributed by atoms with Gasteiger partial charge in [0.2, 0.25) is 0 Å². The quantitative estimate of drug-likeness (QED) is 0.202. The maximum atomic E-state index is 10.1. The van der Waals surface area contributed by atoms with Crippen molar-refractivity contribution in [3.05, 3.63) is 12.3 Å². The smallest absolute Gasteiger partial charge is 0.188 e. The zero-order valence-corrected chi connectivity index (χ0v) is 11.7. The minimum absolute atomic E-state index is 0.355. The van der Waals surface area contributed by atoms with Crippen molar-refractivity contribution < 1.29 is 14.3 Å². The summed E-state index contributed by atoms with van der Waals surface area (Å²) in [5.74, 6) is 0. The first kappa shape index (κ1) is 17.2. The highest BCUT2D eigenvalue weighted by molar-refractivity contribution is 5.48. The number of unbranched alkanes of at least 4 members (excludes halogenated alkanes) is 8. The Balaban J connectivity index is 3.00. The molecule has 0 amide bonds. The minimum Gasteiger partial charge on any atom is -0.475 e. The van der Waals surface area contributed by atoms with Crippen molar-refractivity contribution in [3.63, 3.8) is 0 Å². The van der Waals surface area contributed by atoms with E-state index >= 15 is 0 Å². The average molecular weight is 256 g/mol. The number of rotatable bonds is 14. The van der Waals surface area contributed by atoms with Crippen LogP contribution in [0.2, 0.25) is 0 Å². The van der Waals surface area contributed by atoms with Crippen molar-refractivity contribution in [2.75, 3.05) is 13.4 Å². The van der Waals surface area contributed by atoms with Gasteiger partial charge in [0.25, 0.3) is 0 Å². The van der Waals surface area contributed by atoms with Crippen LogP contribution in [0.25, 0.3) is 0 Å². The Morgan fingerprint density at radius 1 is 0.889 bits per heavy atom. The number of aldehydes is 1. The maximum absolute atomic E-state index is 10.1. The predicted octanol–water partition coefficient (Wildman–Crippen LogP) is 4.22. The molecule has 0 aliphatic carbocycles. The van der Waals surface area contributed by atoms with Crippen LogP contribution in [0.5, 0.6) is 0 Å². The summed E-state index contributed by atoms with van der Waals surface area (Å²) in [5, 5.41) is 0. The van der Waals surface area contributed by atoms with Crippen molar-refractivity contribution in [1.29, 1.82) is 0 Å². The highest BCUT2D eigenvalue weighted by Gasteiger charge is 1.91. The van der Waals surface area contributed by atoms with Crippen LogP contribution in [-0.2, 0) is 14.3 Å². The third-order valence-electron chi connectivity index (χ3n) is 2.74. The monoisotopic (exact) mass is 256 g/mol. The molecule has 0 radical (unpaired) electrons. The molecule has 0 unspecified atom stereocenters. The van der Waals surface area contributed by atoms with E-state index in [9.17, 15) is 4.79 Å². The van der Waals surface area contributed by atoms with Crippen LogP contribution in [-0.4, -0.2) is 19.7 Å². The van der Waals surface area contributed by atoms with Crippen LogP contribution in [0.1, 0.15) is 64.7 Å². The van der Waals surface area contributed by atoms with Gasteiger partial charge >= 0.3 is 0 Å². The van der Waals surface area contributed by atoms with Crippen molar-refractivity contribution in [1.82, 2.24) is 0 Å². The van der Waals surface area contributed by atoms with Gasteiger partial charge in [0, 0.05) is 13.0 Å². The lowest BCUT2D eigenvalue weighted by Gasteiger charge is -2.00. The van der Waals surface area contributed by atoms with E-state index < -0.39 is 0 Å². The number of allylic oxidation sites excluding steroid dienone is 1. The molecule has 3 heteroatoms. The van der Waals surface area contributed by atoms with E-state index in [0.717, 1.165) is 25.5 Å². The summed E-state index contributed by atoms with van der Waals surface area (Å²) in [6, 6.07) is 0. The van der Waals surface area contributed by atoms with Gasteiger partial charge in [-0.05, 0) is 32.3 Å². The molecule has 0 aliphatic rings. The lowest BCUT2D eigenvalue weighted by atomic mass is 10.1. The van der Waals surface area contributed by atoms with Crippen LogP contribution in [0.3, 0.4) is 0 Å². The van der Waals surface area contributed by atoms with Crippen LogP contribution < -0.4 is 0 Å². The summed E-state index contributed by atoms with van der Waals surface area (Å²) in [4.78, 5) is 10.1. The molecule has 106 valence electrons. The number of hydrogen-bond donors (Lipinski definition) is 0. The molecule has 0 saturated heterocycles. The lowest BCUT2D eigenvalue weighted by Crippen LogP contribution is -1.93. The summed E-state index contributed by atoms with van der Waals surface area (Å²) in [5.41, 5.74) is 0. The Bertz CT molecular complexity index is 190. The zero-order valence-electron chi connectivity index (χ0n) is 11.7. The largest absolute Gasteiger partial charge is 0.475 e. The second kappa shape index (κ2) is 16.2. The van der Waals surface area contributed by atoms with E-state index in [-0.39, 0.29) is 0 Å². The third-order valence-corrected chi connectivity index (χ3v) is 2.74. The molecule has 0 N–H and O–H groups in total. The molecule has 0 aromatic rings. The fourth-order valence-corrected chi connectivity index (χ4v) is 1.68. The van der Waals surface area contributed by atoms with Crippen molar-refractivity contribution in [2.24, 2.45) is 0 Å². The van der Waals surface area contributed by atoms with E-state index in [0.29, 0.717) is 13.4 Å². The van der Waals surface area contributed by atoms with E-state index in [2.05, 4.69) is 6.08 Å². The van der Waals surface area contributed by atoms with Gasteiger partial charge < -0.3 is 14.3 Å². The molecule has 0 aliphatic heterocycles. The van der Waals surface area contributed by atoms with Crippen molar-refractivity contribution in [2.45, 2.75) is 64.7 Å². The summed E-state index contributed by atoms with van der Waals surface area (Å²) >= 11 is 0. The second-order valence-electron chi connectivity index (χ2n) is 4.37. The van der Waals surface area contributed by atoms with E-state index in [1.807, 2.05) is 6.92 Å². The molecule has 0 rings (SSSR count). The molecule has 0 heterocycles. The summed E-state index contributed by atoms with van der Waals surface area (Å²) in [6.45, 7) is 3.00. The second-order valence-corrected chi connectivity index (χ2v) is 4.37. The molecule has 0 fully saturated rings. The molecular weight excluding hydrogens is 228 g/mol. The minimum atomic E-state index is 0.355. The first-order valence-corrected chi connectivity index (χ1v) is 7.19. The van der Waals surface area contributed by atoms with Crippen molar-refractivity contribution in [3.8, 4) is 0 Å². The third kappa shape index (κ3) is 15.2. The number of carbonyl (C=O) groups is 1. The zero-order chi connectivity index (χ0) is 13.3. The van der Waals surface area contributed by atoms with Gasteiger partial charge in [-0.2, -0.15) is 0 Å². The Labute approximate surface area is 112 Å². The summed E-state index contributed by atoms with van der Waals surface area (Å²) in [6.07, 6.45) is 15.2. The lowest BCUT2D eigenvalue weighted by molar-refractivity contribution is -0.107. The van der Waals surface area contributed by atoms with Gasteiger partial charge in [0.15, 0.2) is 6.79 Å². The molecule has 18 heavy (non-hydrogen) atoms. The van der Waals surface area contributed by atoms with Gasteiger partial charge in [-0.15, -0.1) is 0 Å². The van der Waals surface area contributed by atoms with E-state index in [4.69, 9.17) is 9.47 Å². The van der Waals surface area contributed by atoms with E-state index in [1.165, 1.54) is 38.5 Å². The number of carbonyl (C=O) groups excluding carboxylic acids is 1. The first-order valence-electron chi connectivity index (χ1n) is 7.19. The molecule has 3 nitrogen and oxygen atoms in total. The summed E-state index contributed by atoms with van der Waals surface area (Å²) in [7, 11) is 0. The molecule has 0 spiro atoms. The van der Waals surface area contributed by atoms with Gasteiger partial charge in [0.05, 0.1) is 6.26 Å². The van der Waals surface area contributed by atoms with Crippen LogP contribution in [0.4, 0.5) is 0 Å². The molecule has 0 bridgehead atoms. The standard InChI is InChI=1S/C15H28O3/c1-2-17-15-18-14-12-10-8-6-4-3-5-7-9-11-13-16/h12-14H,2-11,15H2,1H3. The molecular formula is C15H28O3. The van der Waals surface area contributed by atoms with Gasteiger partial charge in [-0.3, -0.25) is 0 Å². The SMILES string of the molecule is CCOCOC=CCCCCCCCCCC=O. The topological polar surface area (TPSA) is 35.5 Å². The Hall–Kier alpha value is -0.830. The molecule has 0 atom stereocenters. The van der Waals surface area contributed by atoms with E-state index in [1.54, 1.807) is 6.26 Å². The fourth-order valence-electron chi connectivity index (χ4n) is 1.68. The predicted molar refractivity (Wildman–Crippen MR) is 74.3 cm³/mol. The molecule has 0 aromatic heterocycles. The van der Waals surface area contributed by atoms with Crippen molar-refractivity contribution >= 4 is 6.29 Å². The Morgan fingerprint density at radius 2 is 1.50 bits per heavy atom. The van der Waals surface area contributed by atoms with Gasteiger partial charge in [-0.25, -0.2) is 0 Å².